The molecule has 0 saturated heterocycles. The van der Waals surface area contributed by atoms with Gasteiger partial charge in [0.1, 0.15) is 0 Å². The molecule has 0 aromatic heterocycles. The van der Waals surface area contributed by atoms with Crippen LogP contribution < -0.4 is 0 Å². The molecule has 1 aromatic rings. The summed E-state index contributed by atoms with van der Waals surface area (Å²) in [6.07, 6.45) is 1.09. The second-order valence-electron chi connectivity index (χ2n) is 3.05. The smallest absolute Gasteiger partial charge is 0.332 e. The van der Waals surface area contributed by atoms with E-state index in [0.717, 1.165) is 6.08 Å². The van der Waals surface area contributed by atoms with Crippen molar-refractivity contribution in [1.82, 2.24) is 0 Å². The molecule has 0 radical (unpaired) electrons. The molecule has 0 aliphatic heterocycles. The van der Waals surface area contributed by atoms with E-state index in [0.29, 0.717) is 19.8 Å². The van der Waals surface area contributed by atoms with E-state index in [9.17, 15) is 4.79 Å². The number of ether oxygens (including phenoxy) is 3. The molecule has 0 aliphatic carbocycles. The second-order valence-corrected chi connectivity index (χ2v) is 3.05. The quantitative estimate of drug-likeness (QED) is 0.323. The fourth-order valence-electron chi connectivity index (χ4n) is 0.865. The van der Waals surface area contributed by atoms with Gasteiger partial charge >= 0.3 is 5.97 Å². The number of esters is 1. The minimum absolute atomic E-state index is 0.0437. The van der Waals surface area contributed by atoms with Crippen molar-refractivity contribution in [3.8, 4) is 0 Å². The molecule has 1 rings (SSSR count). The van der Waals surface area contributed by atoms with Crippen LogP contribution >= 0.6 is 0 Å². The fourth-order valence-corrected chi connectivity index (χ4v) is 0.865. The van der Waals surface area contributed by atoms with Gasteiger partial charge in [-0.2, -0.15) is 0 Å². The van der Waals surface area contributed by atoms with Gasteiger partial charge in [0.25, 0.3) is 0 Å². The predicted octanol–water partition coefficient (Wildman–Crippen LogP) is 2.41. The minimum atomic E-state index is -0.480. The van der Waals surface area contributed by atoms with Gasteiger partial charge in [0.15, 0.2) is 6.79 Å². The standard InChI is InChI=1S/C8H14O4.C6H6/c1-3-8(9)12-7-11-6-5-10-4-2;1-2-4-6-5-3-1/h3H,1,4-7H2,2H3;1-6H. The van der Waals surface area contributed by atoms with Gasteiger partial charge in [-0.15, -0.1) is 0 Å². The first-order valence-electron chi connectivity index (χ1n) is 5.76. The zero-order chi connectivity index (χ0) is 13.5. The summed E-state index contributed by atoms with van der Waals surface area (Å²) < 4.78 is 14.4. The summed E-state index contributed by atoms with van der Waals surface area (Å²) in [5.74, 6) is -0.480. The van der Waals surface area contributed by atoms with Crippen LogP contribution in [0.2, 0.25) is 0 Å². The first kappa shape index (κ1) is 16.4. The highest BCUT2D eigenvalue weighted by Crippen LogP contribution is 1.82. The van der Waals surface area contributed by atoms with Crippen LogP contribution in [-0.2, 0) is 19.0 Å². The highest BCUT2D eigenvalue weighted by atomic mass is 16.7. The highest BCUT2D eigenvalue weighted by molar-refractivity contribution is 5.81. The Morgan fingerprint density at radius 1 is 1.06 bits per heavy atom. The zero-order valence-corrected chi connectivity index (χ0v) is 10.7. The van der Waals surface area contributed by atoms with Crippen molar-refractivity contribution in [2.24, 2.45) is 0 Å². The largest absolute Gasteiger partial charge is 0.435 e. The van der Waals surface area contributed by atoms with Crippen molar-refractivity contribution in [3.63, 3.8) is 0 Å². The van der Waals surface area contributed by atoms with Crippen LogP contribution in [0.1, 0.15) is 6.92 Å². The van der Waals surface area contributed by atoms with Gasteiger partial charge < -0.3 is 14.2 Å². The lowest BCUT2D eigenvalue weighted by molar-refractivity contribution is -0.151. The Kier molecular flexibility index (Phi) is 12.2. The van der Waals surface area contributed by atoms with Gasteiger partial charge in [0, 0.05) is 12.7 Å². The van der Waals surface area contributed by atoms with E-state index < -0.39 is 5.97 Å². The van der Waals surface area contributed by atoms with Crippen molar-refractivity contribution in [3.05, 3.63) is 49.1 Å². The summed E-state index contributed by atoms with van der Waals surface area (Å²) >= 11 is 0. The van der Waals surface area contributed by atoms with Gasteiger partial charge in [-0.1, -0.05) is 43.0 Å². The van der Waals surface area contributed by atoms with Crippen molar-refractivity contribution < 1.29 is 19.0 Å². The van der Waals surface area contributed by atoms with Gasteiger partial charge in [0.2, 0.25) is 0 Å². The number of benzene rings is 1. The van der Waals surface area contributed by atoms with E-state index in [1.807, 2.05) is 43.3 Å². The summed E-state index contributed by atoms with van der Waals surface area (Å²) in [7, 11) is 0. The molecular weight excluding hydrogens is 232 g/mol. The summed E-state index contributed by atoms with van der Waals surface area (Å²) in [6.45, 7) is 6.70. The van der Waals surface area contributed by atoms with Crippen LogP contribution in [0.25, 0.3) is 0 Å². The van der Waals surface area contributed by atoms with Crippen LogP contribution in [0.4, 0.5) is 0 Å². The third kappa shape index (κ3) is 12.4. The second kappa shape index (κ2) is 13.4. The lowest BCUT2D eigenvalue weighted by Gasteiger charge is -2.03. The molecule has 0 amide bonds. The molecule has 0 unspecified atom stereocenters. The third-order valence-corrected chi connectivity index (χ3v) is 1.69. The van der Waals surface area contributed by atoms with Crippen LogP contribution in [-0.4, -0.2) is 32.6 Å². The average Bonchev–Trinajstić information content (AvgIpc) is 2.45. The third-order valence-electron chi connectivity index (χ3n) is 1.69. The van der Waals surface area contributed by atoms with E-state index in [-0.39, 0.29) is 6.79 Å². The van der Waals surface area contributed by atoms with Gasteiger partial charge in [-0.3, -0.25) is 0 Å². The van der Waals surface area contributed by atoms with Gasteiger partial charge in [-0.05, 0) is 6.92 Å². The Balaban J connectivity index is 0.000000397. The fraction of sp³-hybridized carbons (Fsp3) is 0.357. The summed E-state index contributed by atoms with van der Waals surface area (Å²) in [4.78, 5) is 10.4. The molecular formula is C14H20O4. The normalized spacial score (nSPS) is 8.94. The van der Waals surface area contributed by atoms with E-state index >= 15 is 0 Å². The molecule has 4 heteroatoms. The van der Waals surface area contributed by atoms with E-state index in [1.54, 1.807) is 0 Å². The van der Waals surface area contributed by atoms with E-state index in [1.165, 1.54) is 0 Å². The maximum absolute atomic E-state index is 10.4. The van der Waals surface area contributed by atoms with Gasteiger partial charge in [0.05, 0.1) is 13.2 Å². The Labute approximate surface area is 108 Å². The predicted molar refractivity (Wildman–Crippen MR) is 70.0 cm³/mol. The lowest BCUT2D eigenvalue weighted by Crippen LogP contribution is -2.09. The summed E-state index contributed by atoms with van der Waals surface area (Å²) in [5.41, 5.74) is 0. The Morgan fingerprint density at radius 2 is 1.56 bits per heavy atom. The highest BCUT2D eigenvalue weighted by Gasteiger charge is 1.93. The molecule has 0 fully saturated rings. The Bertz CT molecular complexity index is 271. The molecule has 0 heterocycles. The maximum Gasteiger partial charge on any atom is 0.332 e. The molecule has 0 aliphatic rings. The zero-order valence-electron chi connectivity index (χ0n) is 10.7. The summed E-state index contributed by atoms with van der Waals surface area (Å²) in [6, 6.07) is 12.0. The van der Waals surface area contributed by atoms with Crippen LogP contribution in [0.3, 0.4) is 0 Å². The van der Waals surface area contributed by atoms with Crippen molar-refractivity contribution in [2.45, 2.75) is 6.92 Å². The first-order valence-corrected chi connectivity index (χ1v) is 5.76. The maximum atomic E-state index is 10.4. The van der Waals surface area contributed by atoms with Crippen LogP contribution in [0.15, 0.2) is 49.1 Å². The molecule has 0 saturated carbocycles. The topological polar surface area (TPSA) is 44.8 Å². The van der Waals surface area contributed by atoms with Crippen molar-refractivity contribution in [2.75, 3.05) is 26.6 Å². The summed E-state index contributed by atoms with van der Waals surface area (Å²) in [5, 5.41) is 0. The van der Waals surface area contributed by atoms with Crippen LogP contribution in [0.5, 0.6) is 0 Å². The molecule has 4 nitrogen and oxygen atoms in total. The number of carbonyl (C=O) groups excluding carboxylic acids is 1. The van der Waals surface area contributed by atoms with Crippen molar-refractivity contribution in [1.29, 1.82) is 0 Å². The molecule has 0 bridgehead atoms. The number of hydrogen-bond acceptors (Lipinski definition) is 4. The Morgan fingerprint density at radius 3 is 2.00 bits per heavy atom. The van der Waals surface area contributed by atoms with E-state index in [4.69, 9.17) is 9.47 Å². The molecule has 18 heavy (non-hydrogen) atoms. The van der Waals surface area contributed by atoms with Crippen LogP contribution in [0, 0.1) is 0 Å². The molecule has 0 atom stereocenters. The molecule has 1 aromatic carbocycles. The Hall–Kier alpha value is -1.65. The molecule has 0 spiro atoms. The first-order chi connectivity index (χ1) is 8.81. The van der Waals surface area contributed by atoms with E-state index in [2.05, 4.69) is 11.3 Å². The monoisotopic (exact) mass is 252 g/mol. The number of carbonyl (C=O) groups is 1. The SMILES string of the molecule is C=CC(=O)OCOCCOCC.c1ccccc1. The van der Waals surface area contributed by atoms with Gasteiger partial charge in [-0.25, -0.2) is 4.79 Å². The molecule has 0 N–H and O–H groups in total. The number of rotatable bonds is 7. The molecule has 100 valence electrons. The van der Waals surface area contributed by atoms with Crippen molar-refractivity contribution >= 4 is 5.97 Å². The lowest BCUT2D eigenvalue weighted by atomic mass is 10.4. The minimum Gasteiger partial charge on any atom is -0.435 e. The average molecular weight is 252 g/mol. The number of hydrogen-bond donors (Lipinski definition) is 0.